The Bertz CT molecular complexity index is 771. The number of fused-ring (bicyclic) bond motifs is 1. The summed E-state index contributed by atoms with van der Waals surface area (Å²) in [5.41, 5.74) is 5.47. The van der Waals surface area contributed by atoms with E-state index in [1.54, 1.807) is 4.68 Å². The van der Waals surface area contributed by atoms with Crippen molar-refractivity contribution in [1.82, 2.24) is 19.7 Å². The van der Waals surface area contributed by atoms with Crippen molar-refractivity contribution in [3.05, 3.63) is 41.3 Å². The van der Waals surface area contributed by atoms with Crippen LogP contribution >= 0.6 is 0 Å². The fourth-order valence-corrected chi connectivity index (χ4v) is 2.42. The second kappa shape index (κ2) is 4.16. The Balaban J connectivity index is 2.35. The minimum absolute atomic E-state index is 0.770. The summed E-state index contributed by atoms with van der Waals surface area (Å²) in [6.45, 7) is 6.13. The van der Waals surface area contributed by atoms with Crippen molar-refractivity contribution in [2.24, 2.45) is 7.05 Å². The molecule has 0 atom stereocenters. The van der Waals surface area contributed by atoms with Crippen molar-refractivity contribution in [3.63, 3.8) is 0 Å². The Morgan fingerprint density at radius 2 is 1.84 bits per heavy atom. The van der Waals surface area contributed by atoms with Crippen molar-refractivity contribution in [2.75, 3.05) is 0 Å². The SMILES string of the molecule is Cc1ccc(-c2nc(C)nc3c2cnn3C)c(C)c1. The molecule has 96 valence electrons. The zero-order valence-corrected chi connectivity index (χ0v) is 11.6. The minimum Gasteiger partial charge on any atom is -0.250 e. The topological polar surface area (TPSA) is 43.6 Å². The molecule has 4 nitrogen and oxygen atoms in total. The molecule has 0 fully saturated rings. The Kier molecular flexibility index (Phi) is 2.59. The Morgan fingerprint density at radius 3 is 2.58 bits per heavy atom. The first-order valence-corrected chi connectivity index (χ1v) is 6.30. The van der Waals surface area contributed by atoms with E-state index in [-0.39, 0.29) is 0 Å². The molecule has 0 aliphatic rings. The number of aryl methyl sites for hydroxylation is 4. The largest absolute Gasteiger partial charge is 0.250 e. The molecule has 0 saturated heterocycles. The van der Waals surface area contributed by atoms with Crippen molar-refractivity contribution < 1.29 is 0 Å². The van der Waals surface area contributed by atoms with Gasteiger partial charge in [-0.1, -0.05) is 23.8 Å². The van der Waals surface area contributed by atoms with Crippen LogP contribution in [0.1, 0.15) is 17.0 Å². The molecule has 2 heterocycles. The molecule has 3 aromatic rings. The smallest absolute Gasteiger partial charge is 0.161 e. The van der Waals surface area contributed by atoms with Crippen LogP contribution in [0.25, 0.3) is 22.3 Å². The summed E-state index contributed by atoms with van der Waals surface area (Å²) in [6.07, 6.45) is 1.84. The fourth-order valence-electron chi connectivity index (χ4n) is 2.42. The number of nitrogens with zero attached hydrogens (tertiary/aromatic N) is 4. The van der Waals surface area contributed by atoms with E-state index < -0.39 is 0 Å². The lowest BCUT2D eigenvalue weighted by molar-refractivity contribution is 0.783. The average molecular weight is 252 g/mol. The fraction of sp³-hybridized carbons (Fsp3) is 0.267. The zero-order valence-electron chi connectivity index (χ0n) is 11.6. The summed E-state index contributed by atoms with van der Waals surface area (Å²) in [5, 5.41) is 5.28. The highest BCUT2D eigenvalue weighted by Crippen LogP contribution is 2.28. The van der Waals surface area contributed by atoms with Crippen LogP contribution in [0.3, 0.4) is 0 Å². The second-order valence-corrected chi connectivity index (χ2v) is 4.94. The number of hydrogen-bond donors (Lipinski definition) is 0. The number of rotatable bonds is 1. The van der Waals surface area contributed by atoms with Crippen molar-refractivity contribution in [2.45, 2.75) is 20.8 Å². The third kappa shape index (κ3) is 1.89. The monoisotopic (exact) mass is 252 g/mol. The summed E-state index contributed by atoms with van der Waals surface area (Å²) in [5.74, 6) is 0.770. The van der Waals surface area contributed by atoms with Crippen LogP contribution in [-0.4, -0.2) is 19.7 Å². The van der Waals surface area contributed by atoms with Gasteiger partial charge in [-0.05, 0) is 26.3 Å². The predicted molar refractivity (Wildman–Crippen MR) is 76.0 cm³/mol. The van der Waals surface area contributed by atoms with Gasteiger partial charge in [0.25, 0.3) is 0 Å². The number of aromatic nitrogens is 4. The molecule has 0 aliphatic carbocycles. The van der Waals surface area contributed by atoms with Gasteiger partial charge >= 0.3 is 0 Å². The molecule has 0 amide bonds. The summed E-state index contributed by atoms with van der Waals surface area (Å²) in [6, 6.07) is 6.41. The molecule has 0 aliphatic heterocycles. The highest BCUT2D eigenvalue weighted by Gasteiger charge is 2.13. The number of hydrogen-bond acceptors (Lipinski definition) is 3. The van der Waals surface area contributed by atoms with Gasteiger partial charge in [0.2, 0.25) is 0 Å². The third-order valence-corrected chi connectivity index (χ3v) is 3.34. The van der Waals surface area contributed by atoms with Crippen molar-refractivity contribution >= 4 is 11.0 Å². The standard InChI is InChI=1S/C15H16N4/c1-9-5-6-12(10(2)7-9)14-13-8-16-19(4)15(13)18-11(3)17-14/h5-8H,1-4H3. The Morgan fingerprint density at radius 1 is 1.05 bits per heavy atom. The molecule has 1 aromatic carbocycles. The van der Waals surface area contributed by atoms with Crippen LogP contribution in [0.5, 0.6) is 0 Å². The molecule has 0 unspecified atom stereocenters. The van der Waals surface area contributed by atoms with Crippen LogP contribution in [0.15, 0.2) is 24.4 Å². The summed E-state index contributed by atoms with van der Waals surface area (Å²) >= 11 is 0. The second-order valence-electron chi connectivity index (χ2n) is 4.94. The Hall–Kier alpha value is -2.23. The van der Waals surface area contributed by atoms with Gasteiger partial charge in [-0.25, -0.2) is 9.97 Å². The molecule has 0 saturated carbocycles. The molecule has 0 radical (unpaired) electrons. The van der Waals surface area contributed by atoms with E-state index in [4.69, 9.17) is 0 Å². The lowest BCUT2D eigenvalue weighted by Gasteiger charge is -2.08. The van der Waals surface area contributed by atoms with E-state index in [0.29, 0.717) is 0 Å². The summed E-state index contributed by atoms with van der Waals surface area (Å²) in [7, 11) is 1.90. The molecule has 0 bridgehead atoms. The highest BCUT2D eigenvalue weighted by molar-refractivity contribution is 5.91. The summed E-state index contributed by atoms with van der Waals surface area (Å²) < 4.78 is 1.79. The van der Waals surface area contributed by atoms with Crippen LogP contribution in [0, 0.1) is 20.8 Å². The van der Waals surface area contributed by atoms with E-state index in [9.17, 15) is 0 Å². The van der Waals surface area contributed by atoms with E-state index in [0.717, 1.165) is 28.1 Å². The van der Waals surface area contributed by atoms with Crippen LogP contribution < -0.4 is 0 Å². The third-order valence-electron chi connectivity index (χ3n) is 3.34. The van der Waals surface area contributed by atoms with Gasteiger partial charge in [-0.3, -0.25) is 4.68 Å². The van der Waals surface area contributed by atoms with Gasteiger partial charge in [0, 0.05) is 12.6 Å². The van der Waals surface area contributed by atoms with Crippen molar-refractivity contribution in [3.8, 4) is 11.3 Å². The highest BCUT2D eigenvalue weighted by atomic mass is 15.3. The molecule has 0 spiro atoms. The zero-order chi connectivity index (χ0) is 13.6. The van der Waals surface area contributed by atoms with Gasteiger partial charge in [0.15, 0.2) is 5.65 Å². The normalized spacial score (nSPS) is 11.2. The molecule has 4 heteroatoms. The van der Waals surface area contributed by atoms with E-state index in [1.165, 1.54) is 11.1 Å². The lowest BCUT2D eigenvalue weighted by atomic mass is 10.0. The maximum Gasteiger partial charge on any atom is 0.161 e. The van der Waals surface area contributed by atoms with Gasteiger partial charge in [-0.15, -0.1) is 0 Å². The first-order chi connectivity index (χ1) is 9.06. The lowest BCUT2D eigenvalue weighted by Crippen LogP contribution is -1.98. The van der Waals surface area contributed by atoms with Crippen molar-refractivity contribution in [1.29, 1.82) is 0 Å². The molecule has 2 aromatic heterocycles. The average Bonchev–Trinajstić information content (AvgIpc) is 2.71. The maximum atomic E-state index is 4.61. The molecule has 19 heavy (non-hydrogen) atoms. The number of benzene rings is 1. The molecular formula is C15H16N4. The molecule has 3 rings (SSSR count). The van der Waals surface area contributed by atoms with Gasteiger partial charge < -0.3 is 0 Å². The molecule has 0 N–H and O–H groups in total. The van der Waals surface area contributed by atoms with Crippen LogP contribution in [0.2, 0.25) is 0 Å². The van der Waals surface area contributed by atoms with Gasteiger partial charge in [0.05, 0.1) is 17.3 Å². The molecular weight excluding hydrogens is 236 g/mol. The van der Waals surface area contributed by atoms with Crippen LogP contribution in [0.4, 0.5) is 0 Å². The Labute approximate surface area is 112 Å². The van der Waals surface area contributed by atoms with Crippen LogP contribution in [-0.2, 0) is 7.05 Å². The van der Waals surface area contributed by atoms with Gasteiger partial charge in [-0.2, -0.15) is 5.10 Å². The first kappa shape index (κ1) is 11.8. The predicted octanol–water partition coefficient (Wildman–Crippen LogP) is 2.96. The van der Waals surface area contributed by atoms with E-state index >= 15 is 0 Å². The minimum atomic E-state index is 0.770. The summed E-state index contributed by atoms with van der Waals surface area (Å²) in [4.78, 5) is 9.07. The van der Waals surface area contributed by atoms with E-state index in [2.05, 4.69) is 47.1 Å². The van der Waals surface area contributed by atoms with E-state index in [1.807, 2.05) is 20.2 Å². The van der Waals surface area contributed by atoms with Gasteiger partial charge in [0.1, 0.15) is 5.82 Å². The maximum absolute atomic E-state index is 4.61. The first-order valence-electron chi connectivity index (χ1n) is 6.30. The quantitative estimate of drug-likeness (QED) is 0.668.